The molecule has 1 saturated heterocycles. The molecule has 8 nitrogen and oxygen atoms in total. The largest absolute Gasteiger partial charge is 0.444 e. The van der Waals surface area contributed by atoms with Crippen LogP contribution in [0.15, 0.2) is 0 Å². The van der Waals surface area contributed by atoms with Gasteiger partial charge in [-0.25, -0.2) is 9.86 Å². The van der Waals surface area contributed by atoms with Crippen molar-refractivity contribution in [3.63, 3.8) is 0 Å². The molecule has 0 aromatic rings. The Bertz CT molecular complexity index is 433. The van der Waals surface area contributed by atoms with Gasteiger partial charge in [0, 0.05) is 19.5 Å². The van der Waals surface area contributed by atoms with Gasteiger partial charge in [-0.15, -0.1) is 0 Å². The Morgan fingerprint density at radius 1 is 1.45 bits per heavy atom. The number of hydroxylamine groups is 2. The molecule has 1 fully saturated rings. The zero-order chi connectivity index (χ0) is 16.9. The molecule has 0 spiro atoms. The predicted molar refractivity (Wildman–Crippen MR) is 78.7 cm³/mol. The molecule has 1 unspecified atom stereocenters. The number of likely N-dealkylation sites (N-methyl/N-ethyl adjacent to an activating group) is 1. The lowest BCUT2D eigenvalue weighted by Crippen LogP contribution is -2.49. The Morgan fingerprint density at radius 2 is 2.09 bits per heavy atom. The van der Waals surface area contributed by atoms with Gasteiger partial charge in [-0.05, 0) is 33.6 Å². The van der Waals surface area contributed by atoms with Crippen molar-refractivity contribution in [2.75, 3.05) is 20.7 Å². The minimum absolute atomic E-state index is 0.108. The molecule has 8 heteroatoms. The van der Waals surface area contributed by atoms with E-state index in [9.17, 15) is 14.4 Å². The molecule has 2 atom stereocenters. The van der Waals surface area contributed by atoms with E-state index in [1.54, 1.807) is 20.8 Å². The van der Waals surface area contributed by atoms with Crippen LogP contribution in [0.25, 0.3) is 0 Å². The van der Waals surface area contributed by atoms with Gasteiger partial charge in [0.15, 0.2) is 0 Å². The first-order valence-corrected chi connectivity index (χ1v) is 7.23. The fourth-order valence-electron chi connectivity index (χ4n) is 2.14. The first-order chi connectivity index (χ1) is 10.1. The molecule has 22 heavy (non-hydrogen) atoms. The van der Waals surface area contributed by atoms with Crippen molar-refractivity contribution in [1.82, 2.24) is 15.7 Å². The Labute approximate surface area is 130 Å². The summed E-state index contributed by atoms with van der Waals surface area (Å²) < 4.78 is 5.16. The number of hydrogen-bond acceptors (Lipinski definition) is 5. The average molecular weight is 315 g/mol. The normalized spacial score (nSPS) is 19.3. The SMILES string of the molecule is CON(C)C(=O)[C@H](CC1CCNC1=O)NC(=O)OC(C)(C)C. The number of hydrogen-bond donors (Lipinski definition) is 2. The van der Waals surface area contributed by atoms with E-state index < -0.39 is 23.6 Å². The van der Waals surface area contributed by atoms with E-state index in [0.29, 0.717) is 13.0 Å². The molecule has 0 radical (unpaired) electrons. The first kappa shape index (κ1) is 18.2. The third kappa shape index (κ3) is 5.51. The number of nitrogens with one attached hydrogen (secondary N) is 2. The van der Waals surface area contributed by atoms with Gasteiger partial charge in [0.2, 0.25) is 5.91 Å². The van der Waals surface area contributed by atoms with E-state index in [4.69, 9.17) is 9.57 Å². The van der Waals surface area contributed by atoms with Gasteiger partial charge in [-0.3, -0.25) is 14.4 Å². The van der Waals surface area contributed by atoms with Crippen molar-refractivity contribution in [3.8, 4) is 0 Å². The quantitative estimate of drug-likeness (QED) is 0.717. The van der Waals surface area contributed by atoms with E-state index >= 15 is 0 Å². The summed E-state index contributed by atoms with van der Waals surface area (Å²) in [6.45, 7) is 5.77. The van der Waals surface area contributed by atoms with Crippen molar-refractivity contribution in [2.24, 2.45) is 5.92 Å². The van der Waals surface area contributed by atoms with Crippen molar-refractivity contribution in [3.05, 3.63) is 0 Å². The zero-order valence-corrected chi connectivity index (χ0v) is 13.8. The Hall–Kier alpha value is -1.83. The monoisotopic (exact) mass is 315 g/mol. The van der Waals surface area contributed by atoms with Crippen LogP contribution in [0.4, 0.5) is 4.79 Å². The predicted octanol–water partition coefficient (Wildman–Crippen LogP) is 0.426. The summed E-state index contributed by atoms with van der Waals surface area (Å²) in [6.07, 6.45) is 0.140. The van der Waals surface area contributed by atoms with Crippen LogP contribution in [0, 0.1) is 5.92 Å². The van der Waals surface area contributed by atoms with Gasteiger partial charge in [0.25, 0.3) is 5.91 Å². The van der Waals surface area contributed by atoms with Crippen molar-refractivity contribution in [2.45, 2.75) is 45.3 Å². The summed E-state index contributed by atoms with van der Waals surface area (Å²) in [6, 6.07) is -0.881. The summed E-state index contributed by atoms with van der Waals surface area (Å²) in [7, 11) is 2.80. The lowest BCUT2D eigenvalue weighted by molar-refractivity contribution is -0.171. The van der Waals surface area contributed by atoms with Crippen LogP contribution in [0.3, 0.4) is 0 Å². The second-order valence-electron chi connectivity index (χ2n) is 6.23. The highest BCUT2D eigenvalue weighted by molar-refractivity contribution is 5.87. The molecule has 0 saturated carbocycles. The molecule has 0 aromatic carbocycles. The second kappa shape index (κ2) is 7.44. The summed E-state index contributed by atoms with van der Waals surface area (Å²) in [4.78, 5) is 40.7. The highest BCUT2D eigenvalue weighted by Crippen LogP contribution is 2.18. The average Bonchev–Trinajstić information content (AvgIpc) is 2.79. The van der Waals surface area contributed by atoms with Crippen LogP contribution in [0.2, 0.25) is 0 Å². The van der Waals surface area contributed by atoms with Crippen LogP contribution in [0.1, 0.15) is 33.6 Å². The summed E-state index contributed by atoms with van der Waals surface area (Å²) in [5.74, 6) is -0.855. The van der Waals surface area contributed by atoms with E-state index in [-0.39, 0.29) is 18.2 Å². The van der Waals surface area contributed by atoms with E-state index in [1.165, 1.54) is 14.2 Å². The number of carbonyl (C=O) groups is 3. The van der Waals surface area contributed by atoms with Gasteiger partial charge >= 0.3 is 6.09 Å². The van der Waals surface area contributed by atoms with E-state index in [2.05, 4.69) is 10.6 Å². The molecule has 1 aliphatic rings. The van der Waals surface area contributed by atoms with Crippen LogP contribution in [0.5, 0.6) is 0 Å². The van der Waals surface area contributed by atoms with Gasteiger partial charge < -0.3 is 15.4 Å². The number of amides is 3. The molecular formula is C14H25N3O5. The van der Waals surface area contributed by atoms with Crippen LogP contribution < -0.4 is 10.6 Å². The van der Waals surface area contributed by atoms with Crippen molar-refractivity contribution in [1.29, 1.82) is 0 Å². The molecule has 126 valence electrons. The van der Waals surface area contributed by atoms with Crippen LogP contribution >= 0.6 is 0 Å². The molecule has 0 aliphatic carbocycles. The highest BCUT2D eigenvalue weighted by Gasteiger charge is 2.33. The van der Waals surface area contributed by atoms with E-state index in [0.717, 1.165) is 5.06 Å². The topological polar surface area (TPSA) is 97.0 Å². The smallest absolute Gasteiger partial charge is 0.408 e. The maximum atomic E-state index is 12.3. The number of rotatable bonds is 5. The summed E-state index contributed by atoms with van der Waals surface area (Å²) in [5, 5.41) is 6.26. The molecule has 1 aliphatic heterocycles. The first-order valence-electron chi connectivity index (χ1n) is 7.23. The molecule has 0 aromatic heterocycles. The van der Waals surface area contributed by atoms with Crippen LogP contribution in [-0.4, -0.2) is 55.3 Å². The third-order valence-electron chi connectivity index (χ3n) is 3.26. The number of alkyl carbamates (subject to hydrolysis) is 1. The molecule has 0 bridgehead atoms. The molecular weight excluding hydrogens is 290 g/mol. The zero-order valence-electron chi connectivity index (χ0n) is 13.8. The Morgan fingerprint density at radius 3 is 2.55 bits per heavy atom. The second-order valence-corrected chi connectivity index (χ2v) is 6.23. The van der Waals surface area contributed by atoms with Crippen LogP contribution in [-0.2, 0) is 19.2 Å². The fourth-order valence-corrected chi connectivity index (χ4v) is 2.14. The van der Waals surface area contributed by atoms with Crippen molar-refractivity contribution >= 4 is 17.9 Å². The maximum Gasteiger partial charge on any atom is 0.408 e. The van der Waals surface area contributed by atoms with Gasteiger partial charge in [-0.2, -0.15) is 0 Å². The minimum atomic E-state index is -0.881. The van der Waals surface area contributed by atoms with E-state index in [1.807, 2.05) is 0 Å². The number of ether oxygens (including phenoxy) is 1. The Kier molecular flexibility index (Phi) is 6.16. The van der Waals surface area contributed by atoms with Gasteiger partial charge in [0.1, 0.15) is 11.6 Å². The molecule has 2 N–H and O–H groups in total. The lowest BCUT2D eigenvalue weighted by Gasteiger charge is -2.26. The Balaban J connectivity index is 2.75. The summed E-state index contributed by atoms with van der Waals surface area (Å²) in [5.41, 5.74) is -0.671. The molecule has 1 rings (SSSR count). The number of carbonyl (C=O) groups excluding carboxylic acids is 3. The third-order valence-corrected chi connectivity index (χ3v) is 3.26. The van der Waals surface area contributed by atoms with Gasteiger partial charge in [0.05, 0.1) is 7.11 Å². The van der Waals surface area contributed by atoms with Gasteiger partial charge in [-0.1, -0.05) is 0 Å². The lowest BCUT2D eigenvalue weighted by atomic mass is 9.98. The van der Waals surface area contributed by atoms with Crippen molar-refractivity contribution < 1.29 is 24.0 Å². The molecule has 3 amide bonds. The maximum absolute atomic E-state index is 12.3. The standard InChI is InChI=1S/C14H25N3O5/c1-14(2,3)22-13(20)16-10(12(19)17(4)21-5)8-9-6-7-15-11(9)18/h9-10H,6-8H2,1-5H3,(H,15,18)(H,16,20)/t9?,10-/m0/s1. The minimum Gasteiger partial charge on any atom is -0.444 e. The summed E-state index contributed by atoms with van der Waals surface area (Å²) >= 11 is 0. The number of nitrogens with zero attached hydrogens (tertiary/aromatic N) is 1. The highest BCUT2D eigenvalue weighted by atomic mass is 16.7. The fraction of sp³-hybridized carbons (Fsp3) is 0.786. The molecule has 1 heterocycles.